The minimum absolute atomic E-state index is 0.0529. The van der Waals surface area contributed by atoms with Crippen molar-refractivity contribution < 1.29 is 9.71 Å². The summed E-state index contributed by atoms with van der Waals surface area (Å²) >= 11 is 0. The third-order valence-corrected chi connectivity index (χ3v) is 6.36. The Morgan fingerprint density at radius 3 is 1.57 bits per heavy atom. The normalized spacial score (nSPS) is 11.6. The molecule has 30 heavy (non-hydrogen) atoms. The molecule has 3 rings (SSSR count). The van der Waals surface area contributed by atoms with Crippen LogP contribution in [0.3, 0.4) is 0 Å². The molecule has 4 nitrogen and oxygen atoms in total. The second-order valence-electron chi connectivity index (χ2n) is 7.38. The number of benzene rings is 3. The third kappa shape index (κ3) is 5.67. The van der Waals surface area contributed by atoms with Gasteiger partial charge in [-0.05, 0) is 35.7 Å². The monoisotopic (exact) mass is 421 g/mol. The van der Waals surface area contributed by atoms with E-state index in [4.69, 9.17) is 0 Å². The van der Waals surface area contributed by atoms with E-state index in [0.717, 1.165) is 38.3 Å². The van der Waals surface area contributed by atoms with E-state index in [1.807, 2.05) is 0 Å². The summed E-state index contributed by atoms with van der Waals surface area (Å²) in [4.78, 5) is 10.2. The quantitative estimate of drug-likeness (QED) is 0.107. The van der Waals surface area contributed by atoms with Crippen LogP contribution in [0.25, 0.3) is 0 Å². The summed E-state index contributed by atoms with van der Waals surface area (Å²) in [5.74, 6) is 0. The van der Waals surface area contributed by atoms with Crippen LogP contribution in [0.5, 0.6) is 0 Å². The third-order valence-electron chi connectivity index (χ3n) is 5.52. The number of hydrogen-bond donors (Lipinski definition) is 0. The molecule has 0 spiro atoms. The van der Waals surface area contributed by atoms with Crippen molar-refractivity contribution >= 4 is 8.81 Å². The van der Waals surface area contributed by atoms with Gasteiger partial charge >= 0.3 is 0 Å². The summed E-state index contributed by atoms with van der Waals surface area (Å²) in [6.45, 7) is 0. The smallest absolute Gasteiger partial charge is 0.297 e. The van der Waals surface area contributed by atoms with Crippen LogP contribution in [-0.4, -0.2) is 11.2 Å². The van der Waals surface area contributed by atoms with Crippen molar-refractivity contribution in [3.05, 3.63) is 118 Å². The van der Waals surface area contributed by atoms with Crippen molar-refractivity contribution in [3.8, 4) is 0 Å². The molecule has 0 aliphatic rings. The van der Waals surface area contributed by atoms with E-state index in [0.29, 0.717) is 0 Å². The van der Waals surface area contributed by atoms with Gasteiger partial charge in [0, 0.05) is 5.41 Å². The minimum Gasteiger partial charge on any atom is -0.297 e. The molecule has 0 N–H and O–H groups in total. The van der Waals surface area contributed by atoms with Crippen molar-refractivity contribution in [3.63, 3.8) is 0 Å². The Morgan fingerprint density at radius 2 is 1.13 bits per heavy atom. The highest BCUT2D eigenvalue weighted by atomic mass is 31.1. The van der Waals surface area contributed by atoms with Gasteiger partial charge in [-0.2, -0.15) is 0 Å². The van der Waals surface area contributed by atoms with Crippen LogP contribution in [-0.2, 0) is 10.0 Å². The van der Waals surface area contributed by atoms with Crippen LogP contribution in [0.1, 0.15) is 48.8 Å². The van der Waals surface area contributed by atoms with Crippen molar-refractivity contribution in [2.24, 2.45) is 0 Å². The molecule has 0 heterocycles. The standard InChI is InChI=1S/C25H28NO3P/c27-26(28)29-30-21-13-2-1-12-20-25(22-14-6-3-7-15-22,23-16-8-4-9-17-23)24-18-10-5-11-19-24/h3-11,14-19,30H,1-2,12-13,20-21H2. The van der Waals surface area contributed by atoms with E-state index in [2.05, 4.69) is 95.6 Å². The lowest BCUT2D eigenvalue weighted by atomic mass is 9.66. The Morgan fingerprint density at radius 1 is 0.700 bits per heavy atom. The van der Waals surface area contributed by atoms with Gasteiger partial charge in [-0.15, -0.1) is 10.1 Å². The molecule has 0 aliphatic carbocycles. The van der Waals surface area contributed by atoms with E-state index in [-0.39, 0.29) is 14.2 Å². The molecule has 0 aliphatic heterocycles. The summed E-state index contributed by atoms with van der Waals surface area (Å²) in [6.07, 6.45) is 5.96. The van der Waals surface area contributed by atoms with Gasteiger partial charge in [0.25, 0.3) is 5.09 Å². The molecular formula is C25H28NO3P. The molecule has 0 saturated carbocycles. The maximum absolute atomic E-state index is 10.2. The zero-order valence-electron chi connectivity index (χ0n) is 17.1. The highest BCUT2D eigenvalue weighted by Crippen LogP contribution is 2.43. The van der Waals surface area contributed by atoms with Gasteiger partial charge in [-0.1, -0.05) is 110 Å². The zero-order chi connectivity index (χ0) is 21.1. The number of hydrogen-bond acceptors (Lipinski definition) is 3. The van der Waals surface area contributed by atoms with Gasteiger partial charge in [0.15, 0.2) is 0 Å². The lowest BCUT2D eigenvalue weighted by Crippen LogP contribution is -2.29. The minimum atomic E-state index is -0.702. The summed E-state index contributed by atoms with van der Waals surface area (Å²) < 4.78 is 4.43. The molecule has 0 saturated heterocycles. The molecule has 1 atom stereocenters. The molecule has 0 bridgehead atoms. The van der Waals surface area contributed by atoms with Crippen LogP contribution >= 0.6 is 8.81 Å². The Kier molecular flexibility index (Phi) is 8.41. The van der Waals surface area contributed by atoms with Crippen LogP contribution in [0, 0.1) is 10.1 Å². The van der Waals surface area contributed by atoms with Gasteiger partial charge in [0.05, 0.1) is 8.81 Å². The van der Waals surface area contributed by atoms with Gasteiger partial charge < -0.3 is 0 Å². The summed E-state index contributed by atoms with van der Waals surface area (Å²) in [7, 11) is -0.0529. The van der Waals surface area contributed by atoms with Gasteiger partial charge in [-0.25, -0.2) is 0 Å². The molecule has 0 radical (unpaired) electrons. The van der Waals surface area contributed by atoms with E-state index in [1.165, 1.54) is 16.7 Å². The van der Waals surface area contributed by atoms with E-state index < -0.39 is 5.09 Å². The first-order valence-corrected chi connectivity index (χ1v) is 11.6. The maximum atomic E-state index is 10.2. The number of unbranched alkanes of at least 4 members (excludes halogenated alkanes) is 3. The van der Waals surface area contributed by atoms with Gasteiger partial charge in [-0.3, -0.25) is 4.62 Å². The van der Waals surface area contributed by atoms with E-state index in [1.54, 1.807) is 0 Å². The van der Waals surface area contributed by atoms with Crippen LogP contribution in [0.15, 0.2) is 91.0 Å². The molecule has 3 aromatic rings. The fourth-order valence-corrected chi connectivity index (χ4v) is 4.73. The predicted molar refractivity (Wildman–Crippen MR) is 124 cm³/mol. The van der Waals surface area contributed by atoms with E-state index in [9.17, 15) is 10.1 Å². The van der Waals surface area contributed by atoms with Crippen LogP contribution in [0.4, 0.5) is 0 Å². The predicted octanol–water partition coefficient (Wildman–Crippen LogP) is 6.77. The van der Waals surface area contributed by atoms with Crippen LogP contribution < -0.4 is 0 Å². The molecule has 0 amide bonds. The molecule has 3 aromatic carbocycles. The summed E-state index contributed by atoms with van der Waals surface area (Å²) in [6, 6.07) is 32.3. The maximum Gasteiger partial charge on any atom is 0.297 e. The lowest BCUT2D eigenvalue weighted by molar-refractivity contribution is -0.710. The summed E-state index contributed by atoms with van der Waals surface area (Å²) in [5.41, 5.74) is 3.73. The zero-order valence-corrected chi connectivity index (χ0v) is 18.1. The Hall–Kier alpha value is -2.71. The Bertz CT molecular complexity index is 791. The average molecular weight is 421 g/mol. The molecule has 1 unspecified atom stereocenters. The molecule has 5 heteroatoms. The molecule has 156 valence electrons. The number of rotatable bonds is 12. The van der Waals surface area contributed by atoms with Crippen molar-refractivity contribution in [2.45, 2.75) is 37.5 Å². The molecule has 0 fully saturated rings. The van der Waals surface area contributed by atoms with Gasteiger partial charge in [0.2, 0.25) is 0 Å². The SMILES string of the molecule is O=[N+]([O-])OPCCCCCCC(c1ccccc1)(c1ccccc1)c1ccccc1. The highest BCUT2D eigenvalue weighted by molar-refractivity contribution is 7.32. The Balaban J connectivity index is 1.79. The highest BCUT2D eigenvalue weighted by Gasteiger charge is 2.35. The van der Waals surface area contributed by atoms with Crippen molar-refractivity contribution in [1.82, 2.24) is 0 Å². The first-order valence-electron chi connectivity index (χ1n) is 10.4. The molecule has 0 aromatic heterocycles. The first kappa shape index (κ1) is 22.0. The summed E-state index contributed by atoms with van der Waals surface area (Å²) in [5, 5.41) is 9.54. The second kappa shape index (κ2) is 11.5. The van der Waals surface area contributed by atoms with Crippen LogP contribution in [0.2, 0.25) is 0 Å². The fourth-order valence-electron chi connectivity index (χ4n) is 4.14. The van der Waals surface area contributed by atoms with E-state index >= 15 is 0 Å². The largest absolute Gasteiger partial charge is 0.297 e. The fraction of sp³-hybridized carbons (Fsp3) is 0.280. The molecular weight excluding hydrogens is 393 g/mol. The lowest BCUT2D eigenvalue weighted by Gasteiger charge is -2.36. The number of nitrogens with zero attached hydrogens (tertiary/aromatic N) is 1. The second-order valence-corrected chi connectivity index (χ2v) is 8.35. The topological polar surface area (TPSA) is 52.4 Å². The Labute approximate surface area is 180 Å². The first-order chi connectivity index (χ1) is 14.7. The van der Waals surface area contributed by atoms with Gasteiger partial charge in [0.1, 0.15) is 0 Å². The van der Waals surface area contributed by atoms with Crippen molar-refractivity contribution in [2.75, 3.05) is 6.16 Å². The van der Waals surface area contributed by atoms with Crippen molar-refractivity contribution in [1.29, 1.82) is 0 Å². The average Bonchev–Trinajstić information content (AvgIpc) is 2.80.